The standard InChI is InChI=1S/C33H45NO9/c1-24-20-33(30(36)38-4,43-29(28(24)35)27-23-41-32(2,3)42-27)40-19-13-7-12-18-34(21-25-14-8-5-9-15-25)31(37)39-22-26-16-10-6-11-17-26/h5-6,8-11,14-17,24,27-29,35H,7,12-13,18-23H2,1-4H3/t24-,27-,28-,29?,33-/m1/s1. The minimum Gasteiger partial charge on any atom is -0.465 e. The third-order valence-corrected chi connectivity index (χ3v) is 7.82. The van der Waals surface area contributed by atoms with Crippen LogP contribution in [0.5, 0.6) is 0 Å². The molecule has 0 aliphatic carbocycles. The van der Waals surface area contributed by atoms with Crippen molar-refractivity contribution in [1.82, 2.24) is 4.90 Å². The molecule has 1 N–H and O–H groups in total. The summed E-state index contributed by atoms with van der Waals surface area (Å²) in [6, 6.07) is 19.4. The smallest absolute Gasteiger partial charge is 0.410 e. The van der Waals surface area contributed by atoms with Gasteiger partial charge in [-0.15, -0.1) is 0 Å². The lowest BCUT2D eigenvalue weighted by molar-refractivity contribution is -0.318. The minimum atomic E-state index is -1.66. The predicted molar refractivity (Wildman–Crippen MR) is 158 cm³/mol. The molecule has 0 bridgehead atoms. The summed E-state index contributed by atoms with van der Waals surface area (Å²) in [6.45, 7) is 7.04. The van der Waals surface area contributed by atoms with Gasteiger partial charge in [0.15, 0.2) is 5.79 Å². The van der Waals surface area contributed by atoms with Crippen molar-refractivity contribution in [2.75, 3.05) is 26.9 Å². The molecule has 2 heterocycles. The third kappa shape index (κ3) is 9.00. The molecule has 43 heavy (non-hydrogen) atoms. The van der Waals surface area contributed by atoms with Crippen LogP contribution in [0.25, 0.3) is 0 Å². The number of carbonyl (C=O) groups excluding carboxylic acids is 2. The van der Waals surface area contributed by atoms with Gasteiger partial charge >= 0.3 is 12.1 Å². The van der Waals surface area contributed by atoms with E-state index in [9.17, 15) is 14.7 Å². The Kier molecular flexibility index (Phi) is 11.6. The molecule has 2 aliphatic heterocycles. The molecule has 5 atom stereocenters. The van der Waals surface area contributed by atoms with Crippen molar-refractivity contribution in [3.8, 4) is 0 Å². The lowest BCUT2D eigenvalue weighted by atomic mass is 9.86. The van der Waals surface area contributed by atoms with Crippen LogP contribution in [0.2, 0.25) is 0 Å². The molecular weight excluding hydrogens is 554 g/mol. The second-order valence-electron chi connectivity index (χ2n) is 11.7. The molecule has 236 valence electrons. The van der Waals surface area contributed by atoms with Crippen LogP contribution in [0, 0.1) is 5.92 Å². The van der Waals surface area contributed by atoms with E-state index >= 15 is 0 Å². The van der Waals surface area contributed by atoms with Crippen molar-refractivity contribution < 1.29 is 43.1 Å². The number of unbranched alkanes of at least 4 members (excludes halogenated alkanes) is 2. The summed E-state index contributed by atoms with van der Waals surface area (Å²) >= 11 is 0. The number of aliphatic hydroxyl groups excluding tert-OH is 1. The second kappa shape index (κ2) is 15.1. The molecule has 0 aromatic heterocycles. The van der Waals surface area contributed by atoms with E-state index < -0.39 is 35.9 Å². The van der Waals surface area contributed by atoms with Gasteiger partial charge in [-0.2, -0.15) is 0 Å². The number of hydrogen-bond donors (Lipinski definition) is 1. The second-order valence-corrected chi connectivity index (χ2v) is 11.7. The van der Waals surface area contributed by atoms with Gasteiger partial charge in [0.2, 0.25) is 0 Å². The lowest BCUT2D eigenvalue weighted by Crippen LogP contribution is -2.60. The number of methoxy groups -OCH3 is 1. The molecule has 2 fully saturated rings. The minimum absolute atomic E-state index is 0.145. The quantitative estimate of drug-likeness (QED) is 0.256. The molecule has 10 nitrogen and oxygen atoms in total. The average Bonchev–Trinajstić information content (AvgIpc) is 3.38. The number of aliphatic hydroxyl groups is 1. The SMILES string of the molecule is COC(=O)[C@@]1(OCCCCCN(Cc2ccccc2)C(=O)OCc2ccccc2)C[C@@H](C)[C@@H](O)C([C@H]2COC(C)(C)O2)O1. The highest BCUT2D eigenvalue weighted by molar-refractivity contribution is 5.78. The van der Waals surface area contributed by atoms with Crippen molar-refractivity contribution >= 4 is 12.1 Å². The van der Waals surface area contributed by atoms with E-state index in [1.807, 2.05) is 67.6 Å². The van der Waals surface area contributed by atoms with E-state index in [0.717, 1.165) is 17.5 Å². The monoisotopic (exact) mass is 599 g/mol. The highest BCUT2D eigenvalue weighted by atomic mass is 16.8. The van der Waals surface area contributed by atoms with Crippen molar-refractivity contribution in [1.29, 1.82) is 0 Å². The topological polar surface area (TPSA) is 113 Å². The molecule has 10 heteroatoms. The van der Waals surface area contributed by atoms with Gasteiger partial charge in [-0.05, 0) is 50.2 Å². The van der Waals surface area contributed by atoms with E-state index in [-0.39, 0.29) is 38.3 Å². The number of carbonyl (C=O) groups is 2. The molecule has 2 saturated heterocycles. The molecule has 1 amide bonds. The highest BCUT2D eigenvalue weighted by Crippen LogP contribution is 2.39. The Morgan fingerprint density at radius 3 is 2.28 bits per heavy atom. The van der Waals surface area contributed by atoms with E-state index in [2.05, 4.69) is 0 Å². The summed E-state index contributed by atoms with van der Waals surface area (Å²) in [6.07, 6.45) is -0.391. The molecular formula is C33H45NO9. The Bertz CT molecular complexity index is 1160. The maximum absolute atomic E-state index is 13.0. The molecule has 4 rings (SSSR count). The fourth-order valence-electron chi connectivity index (χ4n) is 5.49. The Labute approximate surface area is 254 Å². The van der Waals surface area contributed by atoms with Gasteiger partial charge in [0, 0.05) is 19.5 Å². The molecule has 2 aromatic carbocycles. The average molecular weight is 600 g/mol. The number of benzene rings is 2. The first kappa shape index (κ1) is 32.9. The number of esters is 1. The predicted octanol–water partition coefficient (Wildman–Crippen LogP) is 4.82. The van der Waals surface area contributed by atoms with Gasteiger partial charge in [-0.25, -0.2) is 9.59 Å². The number of amides is 1. The largest absolute Gasteiger partial charge is 0.465 e. The Balaban J connectivity index is 1.31. The molecule has 0 spiro atoms. The zero-order valence-electron chi connectivity index (χ0n) is 25.6. The fraction of sp³-hybridized carbons (Fsp3) is 0.576. The van der Waals surface area contributed by atoms with Gasteiger partial charge in [0.25, 0.3) is 5.79 Å². The summed E-state index contributed by atoms with van der Waals surface area (Å²) in [5.41, 5.74) is 1.94. The molecule has 0 saturated carbocycles. The van der Waals surface area contributed by atoms with Gasteiger partial charge in [-0.3, -0.25) is 0 Å². The zero-order chi connectivity index (χ0) is 30.9. The lowest BCUT2D eigenvalue weighted by Gasteiger charge is -2.45. The van der Waals surface area contributed by atoms with Gasteiger partial charge in [0.05, 0.1) is 26.4 Å². The maximum Gasteiger partial charge on any atom is 0.410 e. The first-order chi connectivity index (χ1) is 20.6. The van der Waals surface area contributed by atoms with Crippen molar-refractivity contribution in [2.24, 2.45) is 5.92 Å². The van der Waals surface area contributed by atoms with Gasteiger partial charge < -0.3 is 38.4 Å². The summed E-state index contributed by atoms with van der Waals surface area (Å²) in [7, 11) is 1.29. The molecule has 2 aromatic rings. The van der Waals surface area contributed by atoms with Crippen LogP contribution in [-0.2, 0) is 46.4 Å². The fourth-order valence-corrected chi connectivity index (χ4v) is 5.49. The summed E-state index contributed by atoms with van der Waals surface area (Å²) < 4.78 is 34.6. The summed E-state index contributed by atoms with van der Waals surface area (Å²) in [5, 5.41) is 10.9. The molecule has 2 aliphatic rings. The van der Waals surface area contributed by atoms with E-state index in [1.165, 1.54) is 7.11 Å². The third-order valence-electron chi connectivity index (χ3n) is 7.82. The molecule has 0 radical (unpaired) electrons. The van der Waals surface area contributed by atoms with E-state index in [1.54, 1.807) is 18.7 Å². The van der Waals surface area contributed by atoms with Crippen molar-refractivity contribution in [2.45, 2.75) is 89.5 Å². The van der Waals surface area contributed by atoms with Crippen LogP contribution in [0.1, 0.15) is 57.6 Å². The highest BCUT2D eigenvalue weighted by Gasteiger charge is 2.55. The van der Waals surface area contributed by atoms with Crippen molar-refractivity contribution in [3.63, 3.8) is 0 Å². The normalized spacial score (nSPS) is 26.5. The maximum atomic E-state index is 13.0. The van der Waals surface area contributed by atoms with Crippen LogP contribution < -0.4 is 0 Å². The van der Waals surface area contributed by atoms with Crippen LogP contribution in [0.4, 0.5) is 4.79 Å². The van der Waals surface area contributed by atoms with Crippen LogP contribution in [-0.4, -0.2) is 78.8 Å². The number of hydrogen-bond acceptors (Lipinski definition) is 9. The summed E-state index contributed by atoms with van der Waals surface area (Å²) in [4.78, 5) is 27.7. The van der Waals surface area contributed by atoms with Crippen LogP contribution in [0.3, 0.4) is 0 Å². The first-order valence-corrected chi connectivity index (χ1v) is 15.0. The van der Waals surface area contributed by atoms with Gasteiger partial charge in [0.1, 0.15) is 18.8 Å². The van der Waals surface area contributed by atoms with E-state index in [4.69, 9.17) is 28.4 Å². The van der Waals surface area contributed by atoms with E-state index in [0.29, 0.717) is 25.9 Å². The summed E-state index contributed by atoms with van der Waals surface area (Å²) in [5.74, 6) is -3.43. The van der Waals surface area contributed by atoms with Crippen LogP contribution >= 0.6 is 0 Å². The Morgan fingerprint density at radius 1 is 0.977 bits per heavy atom. The number of ether oxygens (including phenoxy) is 6. The Morgan fingerprint density at radius 2 is 1.65 bits per heavy atom. The number of rotatable bonds is 13. The first-order valence-electron chi connectivity index (χ1n) is 15.0. The van der Waals surface area contributed by atoms with Gasteiger partial charge in [-0.1, -0.05) is 67.6 Å². The zero-order valence-corrected chi connectivity index (χ0v) is 25.6. The van der Waals surface area contributed by atoms with Crippen molar-refractivity contribution in [3.05, 3.63) is 71.8 Å². The number of nitrogens with zero attached hydrogens (tertiary/aromatic N) is 1. The molecule has 1 unspecified atom stereocenters. The van der Waals surface area contributed by atoms with Crippen LogP contribution in [0.15, 0.2) is 60.7 Å². The Hall–Kier alpha value is -3.02.